The molecule has 0 aromatic heterocycles. The van der Waals surface area contributed by atoms with E-state index >= 15 is 0 Å². The van der Waals surface area contributed by atoms with Crippen molar-refractivity contribution in [1.29, 1.82) is 0 Å². The molecule has 0 amide bonds. The molecule has 2 aliphatic rings. The molecule has 0 bridgehead atoms. The highest BCUT2D eigenvalue weighted by Crippen LogP contribution is 2.45. The quantitative estimate of drug-likeness (QED) is 0.621. The molecule has 2 aromatic carbocycles. The minimum absolute atomic E-state index is 0.0446. The predicted molar refractivity (Wildman–Crippen MR) is 121 cm³/mol. The molecule has 0 N–H and O–H groups in total. The average molecular weight is 434 g/mol. The van der Waals surface area contributed by atoms with Gasteiger partial charge < -0.3 is 14.2 Å². The molecule has 0 spiro atoms. The Hall–Kier alpha value is -3.41. The predicted octanol–water partition coefficient (Wildman–Crippen LogP) is 4.63. The second-order valence-electron chi connectivity index (χ2n) is 8.05. The van der Waals surface area contributed by atoms with E-state index in [9.17, 15) is 9.59 Å². The molecule has 1 aliphatic carbocycles. The Morgan fingerprint density at radius 1 is 1.03 bits per heavy atom. The van der Waals surface area contributed by atoms with Crippen LogP contribution < -0.4 is 9.47 Å². The van der Waals surface area contributed by atoms with Crippen LogP contribution in [0.2, 0.25) is 0 Å². The highest BCUT2D eigenvalue weighted by Gasteiger charge is 2.43. The number of ketones is 1. The van der Waals surface area contributed by atoms with E-state index in [4.69, 9.17) is 14.2 Å². The van der Waals surface area contributed by atoms with Gasteiger partial charge >= 0.3 is 5.97 Å². The van der Waals surface area contributed by atoms with Gasteiger partial charge in [0.1, 0.15) is 12.5 Å². The van der Waals surface area contributed by atoms with E-state index in [0.717, 1.165) is 29.7 Å². The highest BCUT2D eigenvalue weighted by atomic mass is 16.5. The van der Waals surface area contributed by atoms with E-state index in [1.54, 1.807) is 20.3 Å². The number of Topliss-reactive ketones (excluding diaryl/α,β-unsaturated/α-hetero) is 1. The van der Waals surface area contributed by atoms with Crippen molar-refractivity contribution in [1.82, 2.24) is 0 Å². The Bertz CT molecular complexity index is 1090. The molecule has 166 valence electrons. The summed E-state index contributed by atoms with van der Waals surface area (Å²) in [5, 5.41) is 0. The summed E-state index contributed by atoms with van der Waals surface area (Å²) >= 11 is 0. The maximum atomic E-state index is 13.3. The SMILES string of the molecule is COc1ccc([C@H]2C3=C(CCCC3=O)N=C(C)C2C(=O)OCc2ccccc2)cc1OC. The third kappa shape index (κ3) is 4.17. The number of hydrogen-bond acceptors (Lipinski definition) is 6. The van der Waals surface area contributed by atoms with Crippen molar-refractivity contribution in [2.45, 2.75) is 38.7 Å². The summed E-state index contributed by atoms with van der Waals surface area (Å²) in [6.07, 6.45) is 1.97. The van der Waals surface area contributed by atoms with Crippen LogP contribution >= 0.6 is 0 Å². The molecule has 6 nitrogen and oxygen atoms in total. The molecule has 1 aliphatic heterocycles. The summed E-state index contributed by atoms with van der Waals surface area (Å²) in [4.78, 5) is 31.0. The zero-order valence-corrected chi connectivity index (χ0v) is 18.6. The summed E-state index contributed by atoms with van der Waals surface area (Å²) in [6.45, 7) is 2.01. The Morgan fingerprint density at radius 2 is 1.78 bits per heavy atom. The summed E-state index contributed by atoms with van der Waals surface area (Å²) in [6, 6.07) is 15.1. The van der Waals surface area contributed by atoms with Crippen LogP contribution in [-0.4, -0.2) is 31.7 Å². The molecule has 0 saturated carbocycles. The van der Waals surface area contributed by atoms with E-state index in [2.05, 4.69) is 4.99 Å². The fourth-order valence-corrected chi connectivity index (χ4v) is 4.54. The van der Waals surface area contributed by atoms with Gasteiger partial charge in [-0.3, -0.25) is 14.6 Å². The van der Waals surface area contributed by atoms with Crippen molar-refractivity contribution >= 4 is 17.5 Å². The first-order valence-corrected chi connectivity index (χ1v) is 10.8. The van der Waals surface area contributed by atoms with Gasteiger partial charge in [-0.05, 0) is 43.0 Å². The van der Waals surface area contributed by atoms with Gasteiger partial charge in [-0.25, -0.2) is 0 Å². The minimum atomic E-state index is -0.683. The van der Waals surface area contributed by atoms with Crippen LogP contribution in [0, 0.1) is 5.92 Å². The summed E-state index contributed by atoms with van der Waals surface area (Å²) in [5.74, 6) is -0.365. The third-order valence-corrected chi connectivity index (χ3v) is 6.08. The van der Waals surface area contributed by atoms with Gasteiger partial charge in [-0.2, -0.15) is 0 Å². The molecule has 0 radical (unpaired) electrons. The molecule has 32 heavy (non-hydrogen) atoms. The van der Waals surface area contributed by atoms with Crippen molar-refractivity contribution in [3.05, 3.63) is 70.9 Å². The standard InChI is InChI=1S/C26H27NO5/c1-16-23(26(29)32-15-17-8-5-4-6-9-17)24(25-19(27-16)10-7-11-20(25)28)18-12-13-21(30-2)22(14-18)31-3/h4-6,8-9,12-14,23-24H,7,10-11,15H2,1-3H3/t23?,24-/m1/s1. The van der Waals surface area contributed by atoms with Crippen LogP contribution in [-0.2, 0) is 20.9 Å². The largest absolute Gasteiger partial charge is 0.493 e. The number of aliphatic imine (C=N–C) groups is 1. The average Bonchev–Trinajstić information content (AvgIpc) is 2.82. The zero-order valence-electron chi connectivity index (χ0n) is 18.6. The van der Waals surface area contributed by atoms with Gasteiger partial charge in [0, 0.05) is 29.3 Å². The molecule has 1 unspecified atom stereocenters. The number of nitrogens with zero attached hydrogens (tertiary/aromatic N) is 1. The Kier molecular flexibility index (Phi) is 6.40. The Morgan fingerprint density at radius 3 is 2.50 bits per heavy atom. The first-order valence-electron chi connectivity index (χ1n) is 10.8. The number of hydrogen-bond donors (Lipinski definition) is 0. The van der Waals surface area contributed by atoms with Gasteiger partial charge in [-0.1, -0.05) is 36.4 Å². The number of benzene rings is 2. The number of rotatable bonds is 6. The topological polar surface area (TPSA) is 74.2 Å². The van der Waals surface area contributed by atoms with Crippen LogP contribution in [0.3, 0.4) is 0 Å². The molecule has 4 rings (SSSR count). The van der Waals surface area contributed by atoms with Crippen LogP contribution in [0.5, 0.6) is 11.5 Å². The lowest BCUT2D eigenvalue weighted by Crippen LogP contribution is -2.37. The number of ether oxygens (including phenoxy) is 3. The smallest absolute Gasteiger partial charge is 0.315 e. The third-order valence-electron chi connectivity index (χ3n) is 6.08. The van der Waals surface area contributed by atoms with Crippen molar-refractivity contribution in [3.8, 4) is 11.5 Å². The molecule has 0 fully saturated rings. The van der Waals surface area contributed by atoms with Crippen molar-refractivity contribution in [2.24, 2.45) is 10.9 Å². The van der Waals surface area contributed by atoms with Crippen LogP contribution in [0.15, 0.2) is 64.8 Å². The van der Waals surface area contributed by atoms with Gasteiger partial charge in [0.25, 0.3) is 0 Å². The second kappa shape index (κ2) is 9.39. The van der Waals surface area contributed by atoms with Crippen molar-refractivity contribution < 1.29 is 23.8 Å². The number of carbonyl (C=O) groups excluding carboxylic acids is 2. The number of esters is 1. The van der Waals surface area contributed by atoms with Gasteiger partial charge in [0.15, 0.2) is 17.3 Å². The van der Waals surface area contributed by atoms with E-state index in [0.29, 0.717) is 29.2 Å². The maximum absolute atomic E-state index is 13.3. The first-order chi connectivity index (χ1) is 15.5. The van der Waals surface area contributed by atoms with Gasteiger partial charge in [0.2, 0.25) is 0 Å². The molecule has 1 heterocycles. The first kappa shape index (κ1) is 21.8. The molecule has 2 atom stereocenters. The lowest BCUT2D eigenvalue weighted by atomic mass is 9.71. The summed E-state index contributed by atoms with van der Waals surface area (Å²) < 4.78 is 16.6. The molecule has 2 aromatic rings. The molecule has 0 saturated heterocycles. The van der Waals surface area contributed by atoms with E-state index < -0.39 is 11.8 Å². The van der Waals surface area contributed by atoms with Crippen LogP contribution in [0.25, 0.3) is 0 Å². The zero-order chi connectivity index (χ0) is 22.7. The van der Waals surface area contributed by atoms with Gasteiger partial charge in [-0.15, -0.1) is 0 Å². The second-order valence-corrected chi connectivity index (χ2v) is 8.05. The van der Waals surface area contributed by atoms with E-state index in [-0.39, 0.29) is 18.4 Å². The normalized spacial score (nSPS) is 20.3. The lowest BCUT2D eigenvalue weighted by Gasteiger charge is -2.34. The van der Waals surface area contributed by atoms with Crippen molar-refractivity contribution in [3.63, 3.8) is 0 Å². The summed E-state index contributed by atoms with van der Waals surface area (Å²) in [7, 11) is 3.14. The minimum Gasteiger partial charge on any atom is -0.493 e. The number of allylic oxidation sites excluding steroid dienone is 2. The van der Waals surface area contributed by atoms with Gasteiger partial charge in [0.05, 0.1) is 14.2 Å². The molecular formula is C26H27NO5. The fraction of sp³-hybridized carbons (Fsp3) is 0.346. The summed E-state index contributed by atoms with van der Waals surface area (Å²) in [5.41, 5.74) is 3.78. The molecular weight excluding hydrogens is 406 g/mol. The Balaban J connectivity index is 1.74. The monoisotopic (exact) mass is 433 g/mol. The lowest BCUT2D eigenvalue weighted by molar-refractivity contribution is -0.148. The van der Waals surface area contributed by atoms with Crippen LogP contribution in [0.1, 0.15) is 43.2 Å². The molecule has 6 heteroatoms. The van der Waals surface area contributed by atoms with E-state index in [1.165, 1.54) is 0 Å². The number of methoxy groups -OCH3 is 2. The number of carbonyl (C=O) groups is 2. The highest BCUT2D eigenvalue weighted by molar-refractivity contribution is 6.08. The Labute approximate surface area is 187 Å². The maximum Gasteiger partial charge on any atom is 0.315 e. The van der Waals surface area contributed by atoms with Crippen molar-refractivity contribution in [2.75, 3.05) is 14.2 Å². The van der Waals surface area contributed by atoms with E-state index in [1.807, 2.05) is 49.4 Å². The van der Waals surface area contributed by atoms with Crippen LogP contribution in [0.4, 0.5) is 0 Å². The fourth-order valence-electron chi connectivity index (χ4n) is 4.54.